The van der Waals surface area contributed by atoms with E-state index in [1.807, 2.05) is 0 Å². The van der Waals surface area contributed by atoms with Crippen molar-refractivity contribution in [3.05, 3.63) is 75.9 Å². The van der Waals surface area contributed by atoms with Gasteiger partial charge in [0, 0.05) is 17.6 Å². The maximum Gasteiger partial charge on any atom is 0.336 e. The summed E-state index contributed by atoms with van der Waals surface area (Å²) >= 11 is 0. The molecule has 2 heterocycles. The molecule has 0 aliphatic heterocycles. The van der Waals surface area contributed by atoms with Crippen LogP contribution in [0.2, 0.25) is 0 Å². The fourth-order valence-corrected chi connectivity index (χ4v) is 2.33. The van der Waals surface area contributed by atoms with Crippen molar-refractivity contribution in [1.29, 1.82) is 0 Å². The highest BCUT2D eigenvalue weighted by atomic mass is 16.4. The number of rotatable bonds is 3. The zero-order valence-electron chi connectivity index (χ0n) is 12.3. The Labute approximate surface area is 131 Å². The van der Waals surface area contributed by atoms with Gasteiger partial charge in [-0.25, -0.2) is 4.79 Å². The van der Waals surface area contributed by atoms with Crippen LogP contribution >= 0.6 is 0 Å². The van der Waals surface area contributed by atoms with Gasteiger partial charge in [0.1, 0.15) is 11.3 Å². The SMILES string of the molecule is Cc1cc(=O)oc2c(C(=O)/C=C\c3ccccn3)c(O)ccc12. The fraction of sp³-hybridized carbons (Fsp3) is 0.0556. The second-order valence-corrected chi connectivity index (χ2v) is 5.04. The number of pyridine rings is 1. The lowest BCUT2D eigenvalue weighted by Crippen LogP contribution is -2.03. The van der Waals surface area contributed by atoms with Gasteiger partial charge in [-0.05, 0) is 48.9 Å². The molecule has 0 amide bonds. The molecule has 114 valence electrons. The van der Waals surface area contributed by atoms with E-state index in [4.69, 9.17) is 4.42 Å². The molecule has 0 unspecified atom stereocenters. The van der Waals surface area contributed by atoms with Crippen LogP contribution in [0.4, 0.5) is 0 Å². The maximum absolute atomic E-state index is 12.4. The van der Waals surface area contributed by atoms with E-state index in [1.54, 1.807) is 37.4 Å². The van der Waals surface area contributed by atoms with Gasteiger partial charge in [-0.1, -0.05) is 6.07 Å². The summed E-state index contributed by atoms with van der Waals surface area (Å²) in [5.74, 6) is -0.700. The minimum Gasteiger partial charge on any atom is -0.507 e. The van der Waals surface area contributed by atoms with Gasteiger partial charge >= 0.3 is 5.63 Å². The predicted octanol–water partition coefficient (Wildman–Crippen LogP) is 3.10. The number of carbonyl (C=O) groups excluding carboxylic acids is 1. The first kappa shape index (κ1) is 14.7. The van der Waals surface area contributed by atoms with Crippen molar-refractivity contribution in [3.8, 4) is 5.75 Å². The molecule has 0 atom stereocenters. The van der Waals surface area contributed by atoms with Crippen molar-refractivity contribution in [2.75, 3.05) is 0 Å². The molecule has 1 N–H and O–H groups in total. The van der Waals surface area contributed by atoms with Gasteiger partial charge in [-0.3, -0.25) is 9.78 Å². The zero-order valence-corrected chi connectivity index (χ0v) is 12.3. The van der Waals surface area contributed by atoms with Gasteiger partial charge in [0.05, 0.1) is 5.69 Å². The lowest BCUT2D eigenvalue weighted by Gasteiger charge is -2.06. The number of ketones is 1. The first-order chi connectivity index (χ1) is 11.1. The topological polar surface area (TPSA) is 80.4 Å². The average molecular weight is 307 g/mol. The second-order valence-electron chi connectivity index (χ2n) is 5.04. The zero-order chi connectivity index (χ0) is 16.4. The molecule has 2 aromatic heterocycles. The van der Waals surface area contributed by atoms with E-state index in [1.165, 1.54) is 24.3 Å². The highest BCUT2D eigenvalue weighted by Gasteiger charge is 2.17. The normalized spacial score (nSPS) is 11.2. The van der Waals surface area contributed by atoms with E-state index in [0.29, 0.717) is 16.6 Å². The van der Waals surface area contributed by atoms with Gasteiger partial charge in [0.15, 0.2) is 11.4 Å². The lowest BCUT2D eigenvalue weighted by molar-refractivity contribution is 0.104. The van der Waals surface area contributed by atoms with E-state index >= 15 is 0 Å². The van der Waals surface area contributed by atoms with Crippen molar-refractivity contribution in [2.24, 2.45) is 0 Å². The summed E-state index contributed by atoms with van der Waals surface area (Å²) in [6, 6.07) is 9.69. The molecule has 5 heteroatoms. The fourth-order valence-electron chi connectivity index (χ4n) is 2.33. The van der Waals surface area contributed by atoms with E-state index in [2.05, 4.69) is 4.98 Å². The summed E-state index contributed by atoms with van der Waals surface area (Å²) in [6.07, 6.45) is 4.44. The first-order valence-electron chi connectivity index (χ1n) is 6.96. The molecular formula is C18H13NO4. The molecule has 3 rings (SSSR count). The Hall–Kier alpha value is -3.21. The van der Waals surface area contributed by atoms with Crippen LogP contribution in [0, 0.1) is 6.92 Å². The molecule has 0 fully saturated rings. The number of aromatic hydroxyl groups is 1. The number of hydrogen-bond acceptors (Lipinski definition) is 5. The summed E-state index contributed by atoms with van der Waals surface area (Å²) in [5, 5.41) is 10.6. The Kier molecular flexibility index (Phi) is 3.76. The standard InChI is InChI=1S/C18H13NO4/c1-11-10-16(22)23-18-13(11)6-8-15(21)17(18)14(20)7-5-12-4-2-3-9-19-12/h2-10,21H,1H3/b7-5-. The molecule has 0 bridgehead atoms. The number of allylic oxidation sites excluding steroid dienone is 1. The molecule has 1 aromatic carbocycles. The minimum atomic E-state index is -0.566. The summed E-state index contributed by atoms with van der Waals surface area (Å²) < 4.78 is 5.14. The number of nitrogens with zero attached hydrogens (tertiary/aromatic N) is 1. The first-order valence-corrected chi connectivity index (χ1v) is 6.96. The summed E-state index contributed by atoms with van der Waals surface area (Å²) in [6.45, 7) is 1.74. The number of aryl methyl sites for hydroxylation is 1. The smallest absolute Gasteiger partial charge is 0.336 e. The highest BCUT2D eigenvalue weighted by molar-refractivity contribution is 6.15. The Balaban J connectivity index is 2.12. The molecule has 0 aliphatic rings. The Morgan fingerprint density at radius 1 is 1.26 bits per heavy atom. The number of hydrogen-bond donors (Lipinski definition) is 1. The molecule has 23 heavy (non-hydrogen) atoms. The number of phenols is 1. The third-order valence-electron chi connectivity index (χ3n) is 3.44. The van der Waals surface area contributed by atoms with Crippen LogP contribution in [0.1, 0.15) is 21.6 Å². The number of aromatic nitrogens is 1. The monoisotopic (exact) mass is 307 g/mol. The second kappa shape index (κ2) is 5.88. The van der Waals surface area contributed by atoms with E-state index in [9.17, 15) is 14.7 Å². The van der Waals surface area contributed by atoms with Crippen molar-refractivity contribution in [3.63, 3.8) is 0 Å². The predicted molar refractivity (Wildman–Crippen MR) is 86.5 cm³/mol. The van der Waals surface area contributed by atoms with Crippen molar-refractivity contribution in [1.82, 2.24) is 4.98 Å². The van der Waals surface area contributed by atoms with Gasteiger partial charge in [-0.15, -0.1) is 0 Å². The molecule has 0 saturated heterocycles. The van der Waals surface area contributed by atoms with Crippen LogP contribution in [0.25, 0.3) is 17.0 Å². The molecule has 0 saturated carbocycles. The van der Waals surface area contributed by atoms with Crippen LogP contribution in [0.5, 0.6) is 5.75 Å². The Morgan fingerprint density at radius 2 is 2.09 bits per heavy atom. The van der Waals surface area contributed by atoms with E-state index in [-0.39, 0.29) is 16.9 Å². The molecule has 3 aromatic rings. The quantitative estimate of drug-likeness (QED) is 0.457. The number of carbonyl (C=O) groups is 1. The Morgan fingerprint density at radius 3 is 2.83 bits per heavy atom. The van der Waals surface area contributed by atoms with Crippen LogP contribution in [-0.2, 0) is 0 Å². The average Bonchev–Trinajstić information content (AvgIpc) is 2.53. The molecule has 0 spiro atoms. The molecule has 5 nitrogen and oxygen atoms in total. The summed E-state index contributed by atoms with van der Waals surface area (Å²) in [4.78, 5) is 28.1. The van der Waals surface area contributed by atoms with Gasteiger partial charge in [-0.2, -0.15) is 0 Å². The van der Waals surface area contributed by atoms with Crippen molar-refractivity contribution < 1.29 is 14.3 Å². The van der Waals surface area contributed by atoms with Crippen LogP contribution in [0.15, 0.2) is 57.9 Å². The van der Waals surface area contributed by atoms with Gasteiger partial charge in [0.2, 0.25) is 0 Å². The summed E-state index contributed by atoms with van der Waals surface area (Å²) in [5.41, 5.74) is 0.779. The third kappa shape index (κ3) is 2.89. The number of benzene rings is 1. The van der Waals surface area contributed by atoms with Crippen LogP contribution in [0.3, 0.4) is 0 Å². The highest BCUT2D eigenvalue weighted by Crippen LogP contribution is 2.28. The van der Waals surface area contributed by atoms with Gasteiger partial charge in [0.25, 0.3) is 0 Å². The third-order valence-corrected chi connectivity index (χ3v) is 3.44. The molecular weight excluding hydrogens is 294 g/mol. The molecule has 0 radical (unpaired) electrons. The largest absolute Gasteiger partial charge is 0.507 e. The van der Waals surface area contributed by atoms with Gasteiger partial charge < -0.3 is 9.52 Å². The van der Waals surface area contributed by atoms with Crippen LogP contribution in [-0.4, -0.2) is 15.9 Å². The van der Waals surface area contributed by atoms with E-state index in [0.717, 1.165) is 0 Å². The van der Waals surface area contributed by atoms with Crippen molar-refractivity contribution in [2.45, 2.75) is 6.92 Å². The molecule has 0 aliphatic carbocycles. The Bertz CT molecular complexity index is 971. The van der Waals surface area contributed by atoms with Crippen LogP contribution < -0.4 is 5.63 Å². The van der Waals surface area contributed by atoms with Crippen molar-refractivity contribution >= 4 is 22.8 Å². The summed E-state index contributed by atoms with van der Waals surface area (Å²) in [7, 11) is 0. The lowest BCUT2D eigenvalue weighted by atomic mass is 10.0. The maximum atomic E-state index is 12.4. The minimum absolute atomic E-state index is 0.0320. The van der Waals surface area contributed by atoms with E-state index < -0.39 is 11.4 Å². The number of phenolic OH excluding ortho intramolecular Hbond substituents is 1. The number of fused-ring (bicyclic) bond motifs is 1.